The van der Waals surface area contributed by atoms with Gasteiger partial charge >= 0.3 is 18.1 Å². The van der Waals surface area contributed by atoms with Gasteiger partial charge in [-0.2, -0.15) is 18.3 Å². The molecule has 1 heterocycles. The lowest BCUT2D eigenvalue weighted by molar-refractivity contribution is -0.199. The lowest BCUT2D eigenvalue weighted by Crippen LogP contribution is -2.65. The first-order valence-corrected chi connectivity index (χ1v) is 4.60. The second-order valence-corrected chi connectivity index (χ2v) is 3.40. The number of β-lactam (4-membered cyclic amide) rings is 1. The van der Waals surface area contributed by atoms with Crippen molar-refractivity contribution in [2.24, 2.45) is 10.8 Å². The number of hydrogen-bond donors (Lipinski definition) is 1. The number of esters is 2. The molecule has 0 aromatic rings. The van der Waals surface area contributed by atoms with Gasteiger partial charge < -0.3 is 10.5 Å². The van der Waals surface area contributed by atoms with Gasteiger partial charge in [0.2, 0.25) is 0 Å². The van der Waals surface area contributed by atoms with Gasteiger partial charge in [-0.25, -0.2) is 14.6 Å². The Kier molecular flexibility index (Phi) is 3.70. The van der Waals surface area contributed by atoms with E-state index in [1.165, 1.54) is 6.92 Å². The Balaban J connectivity index is 2.52. The van der Waals surface area contributed by atoms with Gasteiger partial charge in [-0.1, -0.05) is 0 Å². The van der Waals surface area contributed by atoms with Crippen LogP contribution in [-0.4, -0.2) is 47.3 Å². The summed E-state index contributed by atoms with van der Waals surface area (Å²) in [6.45, 7) is 1.52. The van der Waals surface area contributed by atoms with E-state index in [1.807, 2.05) is 0 Å². The Hall–Kier alpha value is -1.97. The molecule has 7 nitrogen and oxygen atoms in total. The number of hydrazone groups is 1. The number of carbonyl (C=O) groups excluding carboxylic acids is 3. The molecule has 0 aliphatic carbocycles. The molecule has 2 atom stereocenters. The van der Waals surface area contributed by atoms with Gasteiger partial charge in [0.25, 0.3) is 5.91 Å². The molecule has 0 bridgehead atoms. The predicted molar refractivity (Wildman–Crippen MR) is 49.9 cm³/mol. The summed E-state index contributed by atoms with van der Waals surface area (Å²) in [5.74, 6) is -4.87. The van der Waals surface area contributed by atoms with Gasteiger partial charge in [0.15, 0.2) is 0 Å². The van der Waals surface area contributed by atoms with Gasteiger partial charge in [0.05, 0.1) is 6.04 Å². The lowest BCUT2D eigenvalue weighted by atomic mass is 10.0. The number of alkyl halides is 3. The predicted octanol–water partition coefficient (Wildman–Crippen LogP) is -0.838. The van der Waals surface area contributed by atoms with Gasteiger partial charge in [-0.05, 0) is 6.92 Å². The van der Waals surface area contributed by atoms with E-state index < -0.39 is 36.1 Å². The fourth-order valence-electron chi connectivity index (χ4n) is 1.08. The van der Waals surface area contributed by atoms with Crippen molar-refractivity contribution in [2.75, 3.05) is 0 Å². The van der Waals surface area contributed by atoms with Crippen LogP contribution >= 0.6 is 0 Å². The summed E-state index contributed by atoms with van der Waals surface area (Å²) in [5.41, 5.74) is 5.32. The van der Waals surface area contributed by atoms with E-state index in [0.29, 0.717) is 6.21 Å². The molecule has 18 heavy (non-hydrogen) atoms. The smallest absolute Gasteiger partial charge is 0.382 e. The average Bonchev–Trinajstić information content (AvgIpc) is 2.27. The van der Waals surface area contributed by atoms with Crippen molar-refractivity contribution in [3.8, 4) is 0 Å². The molecule has 1 saturated heterocycles. The zero-order chi connectivity index (χ0) is 14.1. The molecular formula is C8H8F3N3O4. The molecule has 2 unspecified atom stereocenters. The number of amides is 1. The summed E-state index contributed by atoms with van der Waals surface area (Å²) in [6, 6.07) is -1.25. The third kappa shape index (κ3) is 2.83. The van der Waals surface area contributed by atoms with Gasteiger partial charge in [-0.3, -0.25) is 4.79 Å². The van der Waals surface area contributed by atoms with Crippen molar-refractivity contribution in [2.45, 2.75) is 25.2 Å². The fraction of sp³-hybridized carbons (Fsp3) is 0.500. The second kappa shape index (κ2) is 4.72. The van der Waals surface area contributed by atoms with Crippen LogP contribution in [0.5, 0.6) is 0 Å². The Morgan fingerprint density at radius 3 is 2.50 bits per heavy atom. The molecule has 2 N–H and O–H groups in total. The van der Waals surface area contributed by atoms with E-state index >= 15 is 0 Å². The van der Waals surface area contributed by atoms with Crippen LogP contribution in [0.1, 0.15) is 6.92 Å². The Morgan fingerprint density at radius 2 is 2.06 bits per heavy atom. The molecule has 0 aromatic carbocycles. The van der Waals surface area contributed by atoms with Crippen LogP contribution in [0.2, 0.25) is 0 Å². The fourth-order valence-corrected chi connectivity index (χ4v) is 1.08. The number of nitrogens with two attached hydrogens (primary N) is 1. The summed E-state index contributed by atoms with van der Waals surface area (Å²) in [4.78, 5) is 32.1. The van der Waals surface area contributed by atoms with Crippen molar-refractivity contribution in [3.05, 3.63) is 0 Å². The molecule has 0 radical (unpaired) electrons. The van der Waals surface area contributed by atoms with Gasteiger partial charge in [-0.15, -0.1) is 0 Å². The zero-order valence-electron chi connectivity index (χ0n) is 8.97. The maximum absolute atomic E-state index is 11.7. The molecular weight excluding hydrogens is 259 g/mol. The maximum atomic E-state index is 11.7. The molecule has 0 spiro atoms. The molecule has 1 aliphatic heterocycles. The summed E-state index contributed by atoms with van der Waals surface area (Å²) < 4.78 is 38.5. The van der Waals surface area contributed by atoms with Crippen molar-refractivity contribution < 1.29 is 32.3 Å². The van der Waals surface area contributed by atoms with Crippen molar-refractivity contribution in [1.29, 1.82) is 0 Å². The third-order valence-electron chi connectivity index (χ3n) is 2.13. The van der Waals surface area contributed by atoms with Gasteiger partial charge in [0, 0.05) is 0 Å². The quantitative estimate of drug-likeness (QED) is 0.304. The van der Waals surface area contributed by atoms with E-state index in [1.54, 1.807) is 0 Å². The molecule has 1 aliphatic rings. The second-order valence-electron chi connectivity index (χ2n) is 3.40. The van der Waals surface area contributed by atoms with Crippen LogP contribution < -0.4 is 5.73 Å². The largest absolute Gasteiger partial charge is 0.491 e. The standard InChI is InChI=1S/C8H8F3N3O4/c1-3-5(12)6(16)14(3)13-2-4(15)18-7(17)8(9,10)11/h2-3,5H,12H2,1H3. The van der Waals surface area contributed by atoms with E-state index in [2.05, 4.69) is 9.84 Å². The topological polar surface area (TPSA) is 102 Å². The minimum absolute atomic E-state index is 0.296. The van der Waals surface area contributed by atoms with Crippen LogP contribution in [0, 0.1) is 0 Å². The summed E-state index contributed by atoms with van der Waals surface area (Å²) in [6.07, 6.45) is -4.98. The first-order chi connectivity index (χ1) is 8.14. The molecule has 1 fully saturated rings. The highest BCUT2D eigenvalue weighted by atomic mass is 19.4. The first-order valence-electron chi connectivity index (χ1n) is 4.60. The molecule has 100 valence electrons. The van der Waals surface area contributed by atoms with Crippen molar-refractivity contribution >= 4 is 24.1 Å². The first kappa shape index (κ1) is 14.1. The monoisotopic (exact) mass is 267 g/mol. The minimum atomic E-state index is -5.27. The van der Waals surface area contributed by atoms with E-state index in [9.17, 15) is 27.6 Å². The SMILES string of the molecule is CC1C(N)C(=O)N1N=CC(=O)OC(=O)C(F)(F)F. The Bertz CT molecular complexity index is 420. The maximum Gasteiger partial charge on any atom is 0.491 e. The van der Waals surface area contributed by atoms with Crippen molar-refractivity contribution in [3.63, 3.8) is 0 Å². The summed E-state index contributed by atoms with van der Waals surface area (Å²) in [7, 11) is 0. The Labute approximate surface area is 98.3 Å². The van der Waals surface area contributed by atoms with Crippen LogP contribution in [0.4, 0.5) is 13.2 Å². The molecule has 0 saturated carbocycles. The Morgan fingerprint density at radius 1 is 1.50 bits per heavy atom. The summed E-state index contributed by atoms with van der Waals surface area (Å²) in [5, 5.41) is 4.06. The highest BCUT2D eigenvalue weighted by molar-refractivity contribution is 6.25. The number of halogens is 3. The average molecular weight is 267 g/mol. The molecule has 1 amide bonds. The third-order valence-corrected chi connectivity index (χ3v) is 2.13. The van der Waals surface area contributed by atoms with Crippen LogP contribution in [0.25, 0.3) is 0 Å². The minimum Gasteiger partial charge on any atom is -0.382 e. The lowest BCUT2D eigenvalue weighted by Gasteiger charge is -2.38. The highest BCUT2D eigenvalue weighted by Gasteiger charge is 2.43. The van der Waals surface area contributed by atoms with Crippen LogP contribution in [0.15, 0.2) is 5.10 Å². The van der Waals surface area contributed by atoms with E-state index in [-0.39, 0.29) is 0 Å². The van der Waals surface area contributed by atoms with E-state index in [0.717, 1.165) is 5.01 Å². The zero-order valence-corrected chi connectivity index (χ0v) is 8.97. The highest BCUT2D eigenvalue weighted by Crippen LogP contribution is 2.18. The van der Waals surface area contributed by atoms with Crippen LogP contribution in [-0.2, 0) is 19.1 Å². The molecule has 1 rings (SSSR count). The summed E-state index contributed by atoms with van der Waals surface area (Å²) >= 11 is 0. The number of carbonyl (C=O) groups is 3. The molecule has 10 heteroatoms. The van der Waals surface area contributed by atoms with Gasteiger partial charge in [0.1, 0.15) is 12.3 Å². The van der Waals surface area contributed by atoms with Crippen molar-refractivity contribution in [1.82, 2.24) is 5.01 Å². The normalized spacial score (nSPS) is 24.1. The number of ether oxygens (including phenoxy) is 1. The number of rotatable bonds is 2. The number of hydrogen-bond acceptors (Lipinski definition) is 6. The number of nitrogens with zero attached hydrogens (tertiary/aromatic N) is 2. The van der Waals surface area contributed by atoms with E-state index in [4.69, 9.17) is 5.73 Å². The molecule has 0 aromatic heterocycles. The van der Waals surface area contributed by atoms with Crippen LogP contribution in [0.3, 0.4) is 0 Å².